The zero-order valence-electron chi connectivity index (χ0n) is 19.1. The number of hydrogen-bond acceptors (Lipinski definition) is 7. The number of rotatable bonds is 11. The Bertz CT molecular complexity index is 1120. The van der Waals surface area contributed by atoms with Crippen LogP contribution in [0.25, 0.3) is 0 Å². The minimum absolute atomic E-state index is 0.228. The quantitative estimate of drug-likeness (QED) is 0.346. The van der Waals surface area contributed by atoms with Crippen LogP contribution in [0, 0.1) is 23.0 Å². The second-order valence-electron chi connectivity index (χ2n) is 7.55. The first-order chi connectivity index (χ1) is 15.8. The molecule has 1 aromatic carbocycles. The van der Waals surface area contributed by atoms with E-state index in [0.29, 0.717) is 42.6 Å². The Kier molecular flexibility index (Phi) is 7.65. The molecule has 11 nitrogen and oxygen atoms in total. The fraction of sp³-hybridized carbons (Fsp3) is 0.409. The average Bonchev–Trinajstić information content (AvgIpc) is 3.36. The van der Waals surface area contributed by atoms with Crippen LogP contribution in [0.2, 0.25) is 0 Å². The van der Waals surface area contributed by atoms with Crippen molar-refractivity contribution in [3.05, 3.63) is 58.0 Å². The summed E-state index contributed by atoms with van der Waals surface area (Å²) in [5.74, 6) is 0.463. The molecule has 176 valence electrons. The molecule has 0 fully saturated rings. The van der Waals surface area contributed by atoms with Gasteiger partial charge in [-0.3, -0.25) is 9.48 Å². The molecule has 1 atom stereocenters. The van der Waals surface area contributed by atoms with Crippen molar-refractivity contribution in [3.8, 4) is 11.5 Å². The van der Waals surface area contributed by atoms with Crippen molar-refractivity contribution in [1.29, 1.82) is 0 Å². The van der Waals surface area contributed by atoms with Crippen molar-refractivity contribution in [1.82, 2.24) is 19.6 Å². The number of ether oxygens (including phenoxy) is 2. The largest absolute Gasteiger partial charge is 0.490 e. The number of nitrogens with zero attached hydrogens (tertiary/aromatic N) is 5. The maximum atomic E-state index is 12.6. The van der Waals surface area contributed by atoms with E-state index in [1.54, 1.807) is 30.9 Å². The van der Waals surface area contributed by atoms with Crippen LogP contribution in [0.3, 0.4) is 0 Å². The molecule has 11 heteroatoms. The third-order valence-electron chi connectivity index (χ3n) is 4.90. The van der Waals surface area contributed by atoms with Crippen molar-refractivity contribution < 1.29 is 19.2 Å². The van der Waals surface area contributed by atoms with Gasteiger partial charge in [0.25, 0.3) is 0 Å². The van der Waals surface area contributed by atoms with Gasteiger partial charge in [-0.2, -0.15) is 9.78 Å². The summed E-state index contributed by atoms with van der Waals surface area (Å²) < 4.78 is 14.4. The summed E-state index contributed by atoms with van der Waals surface area (Å²) in [6.45, 7) is 9.10. The molecule has 2 heterocycles. The normalized spacial score (nSPS) is 11.8. The topological polar surface area (TPSA) is 126 Å². The molecule has 3 rings (SSSR count). The van der Waals surface area contributed by atoms with Gasteiger partial charge in [0.1, 0.15) is 0 Å². The summed E-state index contributed by atoms with van der Waals surface area (Å²) in [4.78, 5) is 22.9. The minimum atomic E-state index is -0.551. The van der Waals surface area contributed by atoms with Crippen molar-refractivity contribution in [2.24, 2.45) is 5.92 Å². The highest BCUT2D eigenvalue weighted by atomic mass is 16.6. The molecule has 0 aliphatic carbocycles. The molecule has 0 radical (unpaired) electrons. The number of carbonyl (C=O) groups is 1. The maximum absolute atomic E-state index is 12.6. The van der Waals surface area contributed by atoms with Gasteiger partial charge in [0.05, 0.1) is 61.0 Å². The van der Waals surface area contributed by atoms with E-state index in [-0.39, 0.29) is 18.3 Å². The molecule has 1 amide bonds. The van der Waals surface area contributed by atoms with Gasteiger partial charge in [-0.05, 0) is 43.4 Å². The standard InChI is InChI=1S/C22H28N6O5/c1-5-32-19-8-7-17(10-20(19)33-6-2)13-26-14-18(11-23-26)24-22(29)15(3)12-27-16(4)9-21(25-27)28(30)31/h7-11,14-15H,5-6,12-13H2,1-4H3,(H,24,29). The third-order valence-corrected chi connectivity index (χ3v) is 4.90. The molecule has 0 spiro atoms. The van der Waals surface area contributed by atoms with Crippen LogP contribution in [0.15, 0.2) is 36.7 Å². The molecule has 0 aliphatic heterocycles. The first-order valence-corrected chi connectivity index (χ1v) is 10.7. The molecule has 0 saturated carbocycles. The Morgan fingerprint density at radius 1 is 1.21 bits per heavy atom. The van der Waals surface area contributed by atoms with Crippen LogP contribution in [-0.4, -0.2) is 43.6 Å². The number of benzene rings is 1. The van der Waals surface area contributed by atoms with Crippen molar-refractivity contribution >= 4 is 17.4 Å². The summed E-state index contributed by atoms with van der Waals surface area (Å²) >= 11 is 0. The lowest BCUT2D eigenvalue weighted by Crippen LogP contribution is -2.25. The number of carbonyl (C=O) groups excluding carboxylic acids is 1. The summed E-state index contributed by atoms with van der Waals surface area (Å²) in [6.07, 6.45) is 3.32. The zero-order chi connectivity index (χ0) is 24.0. The SMILES string of the molecule is CCOc1ccc(Cn2cc(NC(=O)C(C)Cn3nc([N+](=O)[O-])cc3C)cn2)cc1OCC. The molecule has 0 bridgehead atoms. The second kappa shape index (κ2) is 10.6. The maximum Gasteiger partial charge on any atom is 0.390 e. The van der Waals surface area contributed by atoms with Crippen LogP contribution in [0.1, 0.15) is 32.0 Å². The van der Waals surface area contributed by atoms with E-state index in [1.807, 2.05) is 32.0 Å². The monoisotopic (exact) mass is 456 g/mol. The van der Waals surface area contributed by atoms with Gasteiger partial charge < -0.3 is 24.9 Å². The van der Waals surface area contributed by atoms with E-state index >= 15 is 0 Å². The van der Waals surface area contributed by atoms with Gasteiger partial charge in [-0.15, -0.1) is 0 Å². The smallest absolute Gasteiger partial charge is 0.390 e. The minimum Gasteiger partial charge on any atom is -0.490 e. The number of hydrogen-bond donors (Lipinski definition) is 1. The van der Waals surface area contributed by atoms with Crippen molar-refractivity contribution in [2.45, 2.75) is 40.8 Å². The van der Waals surface area contributed by atoms with E-state index < -0.39 is 10.8 Å². The number of aromatic nitrogens is 4. The number of nitrogens with one attached hydrogen (secondary N) is 1. The van der Waals surface area contributed by atoms with Crippen molar-refractivity contribution in [3.63, 3.8) is 0 Å². The fourth-order valence-corrected chi connectivity index (χ4v) is 3.27. The third kappa shape index (κ3) is 6.09. The predicted molar refractivity (Wildman–Crippen MR) is 122 cm³/mol. The lowest BCUT2D eigenvalue weighted by Gasteiger charge is -2.12. The van der Waals surface area contributed by atoms with Gasteiger partial charge in [0.15, 0.2) is 11.5 Å². The van der Waals surface area contributed by atoms with Crippen molar-refractivity contribution in [2.75, 3.05) is 18.5 Å². The van der Waals surface area contributed by atoms with Crippen LogP contribution in [0.4, 0.5) is 11.5 Å². The summed E-state index contributed by atoms with van der Waals surface area (Å²) in [5, 5.41) is 22.0. The van der Waals surface area contributed by atoms with E-state index in [4.69, 9.17) is 9.47 Å². The Hall–Kier alpha value is -3.89. The average molecular weight is 457 g/mol. The highest BCUT2D eigenvalue weighted by Crippen LogP contribution is 2.29. The first-order valence-electron chi connectivity index (χ1n) is 10.7. The number of aryl methyl sites for hydroxylation is 1. The van der Waals surface area contributed by atoms with Gasteiger partial charge in [0, 0.05) is 6.20 Å². The lowest BCUT2D eigenvalue weighted by atomic mass is 10.1. The van der Waals surface area contributed by atoms with Gasteiger partial charge >= 0.3 is 5.82 Å². The highest BCUT2D eigenvalue weighted by molar-refractivity contribution is 5.91. The Morgan fingerprint density at radius 3 is 2.61 bits per heavy atom. The molecular formula is C22H28N6O5. The predicted octanol–water partition coefficient (Wildman–Crippen LogP) is 3.42. The van der Waals surface area contributed by atoms with Gasteiger partial charge in [-0.1, -0.05) is 13.0 Å². The van der Waals surface area contributed by atoms with E-state index in [1.165, 1.54) is 10.7 Å². The summed E-state index contributed by atoms with van der Waals surface area (Å²) in [7, 11) is 0. The Balaban J connectivity index is 1.61. The molecule has 0 saturated heterocycles. The lowest BCUT2D eigenvalue weighted by molar-refractivity contribution is -0.389. The summed E-state index contributed by atoms with van der Waals surface area (Å²) in [5.41, 5.74) is 2.16. The van der Waals surface area contributed by atoms with E-state index in [0.717, 1.165) is 5.56 Å². The zero-order valence-corrected chi connectivity index (χ0v) is 19.1. The molecule has 1 N–H and O–H groups in total. The molecule has 0 aliphatic rings. The van der Waals surface area contributed by atoms with E-state index in [2.05, 4.69) is 15.5 Å². The molecule has 1 unspecified atom stereocenters. The highest BCUT2D eigenvalue weighted by Gasteiger charge is 2.21. The first kappa shape index (κ1) is 23.8. The number of anilines is 1. The number of amides is 1. The number of nitro groups is 1. The summed E-state index contributed by atoms with van der Waals surface area (Å²) in [6, 6.07) is 7.12. The molecule has 2 aromatic heterocycles. The molecular weight excluding hydrogens is 428 g/mol. The van der Waals surface area contributed by atoms with Crippen LogP contribution in [-0.2, 0) is 17.9 Å². The van der Waals surface area contributed by atoms with Gasteiger partial charge in [-0.25, -0.2) is 0 Å². The van der Waals surface area contributed by atoms with Crippen LogP contribution >= 0.6 is 0 Å². The molecule has 3 aromatic rings. The Labute approximate surface area is 191 Å². The van der Waals surface area contributed by atoms with Gasteiger partial charge in [0.2, 0.25) is 5.91 Å². The van der Waals surface area contributed by atoms with Crippen LogP contribution in [0.5, 0.6) is 11.5 Å². The fourth-order valence-electron chi connectivity index (χ4n) is 3.27. The Morgan fingerprint density at radius 2 is 1.94 bits per heavy atom. The second-order valence-corrected chi connectivity index (χ2v) is 7.55. The van der Waals surface area contributed by atoms with E-state index in [9.17, 15) is 14.9 Å². The van der Waals surface area contributed by atoms with Crippen LogP contribution < -0.4 is 14.8 Å². The molecule has 33 heavy (non-hydrogen) atoms.